The van der Waals surface area contributed by atoms with Gasteiger partial charge >= 0.3 is 18.9 Å². The van der Waals surface area contributed by atoms with Gasteiger partial charge in [-0.2, -0.15) is 0 Å². The zero-order valence-electron chi connectivity index (χ0n) is 10.0. The van der Waals surface area contributed by atoms with E-state index >= 15 is 0 Å². The molecule has 0 aliphatic heterocycles. The second kappa shape index (κ2) is 6.44. The molecule has 2 aromatic rings. The van der Waals surface area contributed by atoms with Gasteiger partial charge in [0.1, 0.15) is 5.75 Å². The van der Waals surface area contributed by atoms with E-state index in [2.05, 4.69) is 11.1 Å². The van der Waals surface area contributed by atoms with Crippen LogP contribution in [0.1, 0.15) is 16.7 Å². The molecule has 0 unspecified atom stereocenters. The molecule has 0 saturated heterocycles. The molecule has 88 valence electrons. The number of nitrogens with zero attached hydrogens (tertiary/aromatic N) is 1. The van der Waals surface area contributed by atoms with Crippen LogP contribution in [0.15, 0.2) is 47.5 Å². The molecule has 0 fully saturated rings. The molecule has 0 aliphatic carbocycles. The minimum atomic E-state index is 0. The van der Waals surface area contributed by atoms with Crippen LogP contribution in [0.2, 0.25) is 0 Å². The van der Waals surface area contributed by atoms with Gasteiger partial charge in [-0.1, -0.05) is 24.3 Å². The van der Waals surface area contributed by atoms with Gasteiger partial charge in [0.2, 0.25) is 0 Å². The minimum absolute atomic E-state index is 0. The number of phenolic OH excluding ortho intramolecular Hbond substituents is 1. The van der Waals surface area contributed by atoms with Crippen LogP contribution in [-0.2, 0) is 0 Å². The number of para-hydroxylation sites is 1. The van der Waals surface area contributed by atoms with E-state index in [1.807, 2.05) is 38.1 Å². The van der Waals surface area contributed by atoms with E-state index in [1.54, 1.807) is 18.3 Å². The van der Waals surface area contributed by atoms with Crippen LogP contribution in [0.3, 0.4) is 0 Å². The van der Waals surface area contributed by atoms with Gasteiger partial charge in [0.05, 0.1) is 5.69 Å². The molecule has 18 heavy (non-hydrogen) atoms. The molecule has 2 rings (SSSR count). The zero-order chi connectivity index (χ0) is 12.3. The van der Waals surface area contributed by atoms with Gasteiger partial charge < -0.3 is 5.11 Å². The first-order valence-electron chi connectivity index (χ1n) is 5.56. The van der Waals surface area contributed by atoms with Crippen LogP contribution < -0.4 is 0 Å². The van der Waals surface area contributed by atoms with Crippen LogP contribution in [0, 0.1) is 13.8 Å². The Kier molecular flexibility index (Phi) is 5.21. The number of benzene rings is 2. The molecule has 2 nitrogen and oxygen atoms in total. The summed E-state index contributed by atoms with van der Waals surface area (Å²) in [6, 6.07) is 13.3. The Morgan fingerprint density at radius 2 is 1.78 bits per heavy atom. The van der Waals surface area contributed by atoms with Crippen LogP contribution in [0.25, 0.3) is 0 Å². The van der Waals surface area contributed by atoms with Crippen molar-refractivity contribution < 1.29 is 5.11 Å². The fourth-order valence-electron chi connectivity index (χ4n) is 1.59. The van der Waals surface area contributed by atoms with E-state index in [9.17, 15) is 5.11 Å². The first kappa shape index (κ1) is 14.6. The second-order valence-corrected chi connectivity index (χ2v) is 4.11. The SMILES string of the molecule is Cc1ccc(C)c(N=Cc2ccccc2O)c1.[LiH]. The van der Waals surface area contributed by atoms with Gasteiger partial charge in [-0.15, -0.1) is 0 Å². The normalized spacial score (nSPS) is 10.3. The monoisotopic (exact) mass is 233 g/mol. The number of aliphatic imine (C=N–C) groups is 1. The molecular weight excluding hydrogens is 217 g/mol. The molecule has 3 heteroatoms. The molecule has 0 atom stereocenters. The summed E-state index contributed by atoms with van der Waals surface area (Å²) in [6.45, 7) is 4.06. The molecule has 0 bridgehead atoms. The second-order valence-electron chi connectivity index (χ2n) is 4.11. The summed E-state index contributed by atoms with van der Waals surface area (Å²) in [6.07, 6.45) is 1.69. The van der Waals surface area contributed by atoms with Crippen molar-refractivity contribution in [1.29, 1.82) is 0 Å². The summed E-state index contributed by atoms with van der Waals surface area (Å²) in [4.78, 5) is 4.41. The molecule has 0 heterocycles. The standard InChI is InChI=1S/C15H15NO.Li.H/c1-11-7-8-12(2)14(9-11)16-10-13-5-3-4-6-15(13)17;;/h3-10,17H,1-2H3;;. The summed E-state index contributed by atoms with van der Waals surface area (Å²) in [7, 11) is 0. The molecule has 0 saturated carbocycles. The van der Waals surface area contributed by atoms with Gasteiger partial charge in [0.15, 0.2) is 0 Å². The number of hydrogen-bond acceptors (Lipinski definition) is 2. The Bertz CT molecular complexity index is 564. The number of phenols is 1. The third-order valence-corrected chi connectivity index (χ3v) is 2.64. The molecule has 0 radical (unpaired) electrons. The molecular formula is C15H16LiNO. The van der Waals surface area contributed by atoms with Gasteiger partial charge in [0, 0.05) is 11.8 Å². The molecule has 1 N–H and O–H groups in total. The van der Waals surface area contributed by atoms with Crippen LogP contribution >= 0.6 is 0 Å². The zero-order valence-corrected chi connectivity index (χ0v) is 10.0. The number of rotatable bonds is 2. The van der Waals surface area contributed by atoms with Crippen molar-refractivity contribution in [1.82, 2.24) is 0 Å². The number of hydrogen-bond donors (Lipinski definition) is 1. The van der Waals surface area contributed by atoms with Crippen molar-refractivity contribution in [2.45, 2.75) is 13.8 Å². The topological polar surface area (TPSA) is 32.6 Å². The van der Waals surface area contributed by atoms with Crippen LogP contribution in [0.5, 0.6) is 5.75 Å². The third-order valence-electron chi connectivity index (χ3n) is 2.64. The van der Waals surface area contributed by atoms with Crippen molar-refractivity contribution in [3.8, 4) is 5.75 Å². The quantitative estimate of drug-likeness (QED) is 0.627. The molecule has 0 amide bonds. The van der Waals surface area contributed by atoms with Gasteiger partial charge in [0.25, 0.3) is 0 Å². The van der Waals surface area contributed by atoms with Crippen molar-refractivity contribution in [3.05, 3.63) is 59.2 Å². The fraction of sp³-hybridized carbons (Fsp3) is 0.133. The van der Waals surface area contributed by atoms with Gasteiger partial charge in [-0.3, -0.25) is 4.99 Å². The predicted octanol–water partition coefficient (Wildman–Crippen LogP) is 3.11. The third kappa shape index (κ3) is 3.50. The number of aryl methyl sites for hydroxylation is 2. The predicted molar refractivity (Wildman–Crippen MR) is 78.4 cm³/mol. The van der Waals surface area contributed by atoms with Gasteiger partial charge in [-0.05, 0) is 43.2 Å². The summed E-state index contributed by atoms with van der Waals surface area (Å²) < 4.78 is 0. The Labute approximate surface area is 120 Å². The number of aromatic hydroxyl groups is 1. The van der Waals surface area contributed by atoms with Crippen LogP contribution in [-0.4, -0.2) is 30.2 Å². The van der Waals surface area contributed by atoms with Crippen molar-refractivity contribution in [3.63, 3.8) is 0 Å². The Morgan fingerprint density at radius 3 is 2.50 bits per heavy atom. The molecule has 0 aliphatic rings. The van der Waals surface area contributed by atoms with E-state index < -0.39 is 0 Å². The summed E-state index contributed by atoms with van der Waals surface area (Å²) in [5, 5.41) is 9.62. The first-order valence-corrected chi connectivity index (χ1v) is 5.56. The van der Waals surface area contributed by atoms with Crippen molar-refractivity contribution in [2.75, 3.05) is 0 Å². The maximum atomic E-state index is 9.62. The molecule has 0 spiro atoms. The van der Waals surface area contributed by atoms with Crippen LogP contribution in [0.4, 0.5) is 5.69 Å². The first-order chi connectivity index (χ1) is 8.16. The molecule has 0 aromatic heterocycles. The van der Waals surface area contributed by atoms with E-state index in [0.717, 1.165) is 16.8 Å². The van der Waals surface area contributed by atoms with Gasteiger partial charge in [-0.25, -0.2) is 0 Å². The Hall–Kier alpha value is -1.49. The van der Waals surface area contributed by atoms with E-state index in [1.165, 1.54) is 5.56 Å². The van der Waals surface area contributed by atoms with Crippen molar-refractivity contribution in [2.24, 2.45) is 4.99 Å². The summed E-state index contributed by atoms with van der Waals surface area (Å²) in [5.74, 6) is 0.251. The summed E-state index contributed by atoms with van der Waals surface area (Å²) in [5.41, 5.74) is 3.98. The van der Waals surface area contributed by atoms with Crippen molar-refractivity contribution >= 4 is 30.8 Å². The maximum absolute atomic E-state index is 9.62. The average Bonchev–Trinajstić information content (AvgIpc) is 2.32. The van der Waals surface area contributed by atoms with E-state index in [4.69, 9.17) is 0 Å². The average molecular weight is 233 g/mol. The fourth-order valence-corrected chi connectivity index (χ4v) is 1.59. The van der Waals surface area contributed by atoms with E-state index in [-0.39, 0.29) is 24.6 Å². The Morgan fingerprint density at radius 1 is 1.06 bits per heavy atom. The molecule has 2 aromatic carbocycles. The van der Waals surface area contributed by atoms with E-state index in [0.29, 0.717) is 0 Å². The summed E-state index contributed by atoms with van der Waals surface area (Å²) >= 11 is 0. The Balaban J connectivity index is 0.00000162.